The molecule has 0 bridgehead atoms. The van der Waals surface area contributed by atoms with Gasteiger partial charge in [-0.15, -0.1) is 0 Å². The molecule has 3 N–H and O–H groups in total. The van der Waals surface area contributed by atoms with Crippen LogP contribution in [0.25, 0.3) is 0 Å². The number of nitrogens with two attached hydrogens (primary N) is 1. The first-order valence-corrected chi connectivity index (χ1v) is 8.63. The van der Waals surface area contributed by atoms with Crippen LogP contribution in [0.4, 0.5) is 5.69 Å². The van der Waals surface area contributed by atoms with Gasteiger partial charge in [0.05, 0.1) is 24.3 Å². The van der Waals surface area contributed by atoms with Crippen molar-refractivity contribution in [3.63, 3.8) is 0 Å². The van der Waals surface area contributed by atoms with Crippen molar-refractivity contribution in [3.8, 4) is 11.5 Å². The lowest BCUT2D eigenvalue weighted by Crippen LogP contribution is -2.13. The molecule has 2 aromatic rings. The van der Waals surface area contributed by atoms with Gasteiger partial charge in [0.15, 0.2) is 0 Å². The minimum Gasteiger partial charge on any atom is -0.497 e. The van der Waals surface area contributed by atoms with E-state index in [4.69, 9.17) is 15.2 Å². The number of methoxy groups -OCH3 is 1. The second kappa shape index (κ2) is 7.85. The SMILES string of the molecule is COc1ccc(S(=O)(=O)Nc2cccc(OCCCN)c2)cc1. The van der Waals surface area contributed by atoms with Gasteiger partial charge in [0.25, 0.3) is 10.0 Å². The third kappa shape index (κ3) is 4.87. The van der Waals surface area contributed by atoms with Crippen LogP contribution in [0.2, 0.25) is 0 Å². The summed E-state index contributed by atoms with van der Waals surface area (Å²) in [6.07, 6.45) is 0.738. The maximum absolute atomic E-state index is 12.4. The minimum atomic E-state index is -3.66. The van der Waals surface area contributed by atoms with Crippen LogP contribution in [0.1, 0.15) is 6.42 Å². The number of benzene rings is 2. The zero-order valence-corrected chi connectivity index (χ0v) is 13.7. The lowest BCUT2D eigenvalue weighted by atomic mass is 10.3. The third-order valence-corrected chi connectivity index (χ3v) is 4.47. The monoisotopic (exact) mass is 336 g/mol. The Morgan fingerprint density at radius 1 is 1.09 bits per heavy atom. The van der Waals surface area contributed by atoms with Crippen LogP contribution >= 0.6 is 0 Å². The van der Waals surface area contributed by atoms with Gasteiger partial charge in [-0.25, -0.2) is 8.42 Å². The minimum absolute atomic E-state index is 0.160. The van der Waals surface area contributed by atoms with Gasteiger partial charge in [0.2, 0.25) is 0 Å². The number of anilines is 1. The Hall–Kier alpha value is -2.25. The van der Waals surface area contributed by atoms with E-state index in [9.17, 15) is 8.42 Å². The number of hydrogen-bond acceptors (Lipinski definition) is 5. The summed E-state index contributed by atoms with van der Waals surface area (Å²) in [5.41, 5.74) is 5.85. The number of hydrogen-bond donors (Lipinski definition) is 2. The molecule has 7 heteroatoms. The Morgan fingerprint density at radius 2 is 1.83 bits per heavy atom. The molecule has 23 heavy (non-hydrogen) atoms. The van der Waals surface area contributed by atoms with E-state index < -0.39 is 10.0 Å². The Labute approximate surface area is 136 Å². The van der Waals surface area contributed by atoms with E-state index in [0.29, 0.717) is 30.3 Å². The van der Waals surface area contributed by atoms with Crippen LogP contribution < -0.4 is 19.9 Å². The molecule has 0 aliphatic carbocycles. The van der Waals surface area contributed by atoms with E-state index in [1.807, 2.05) is 0 Å². The van der Waals surface area contributed by atoms with Crippen molar-refractivity contribution in [2.45, 2.75) is 11.3 Å². The first-order chi connectivity index (χ1) is 11.0. The van der Waals surface area contributed by atoms with Crippen LogP contribution in [0.15, 0.2) is 53.4 Å². The highest BCUT2D eigenvalue weighted by Gasteiger charge is 2.14. The summed E-state index contributed by atoms with van der Waals surface area (Å²) in [6, 6.07) is 13.0. The predicted molar refractivity (Wildman–Crippen MR) is 89.4 cm³/mol. The maximum atomic E-state index is 12.4. The van der Waals surface area contributed by atoms with Crippen molar-refractivity contribution < 1.29 is 17.9 Å². The van der Waals surface area contributed by atoms with Gasteiger partial charge >= 0.3 is 0 Å². The summed E-state index contributed by atoms with van der Waals surface area (Å²) in [7, 11) is -2.14. The first-order valence-electron chi connectivity index (χ1n) is 7.15. The highest BCUT2D eigenvalue weighted by molar-refractivity contribution is 7.92. The molecule has 0 fully saturated rings. The summed E-state index contributed by atoms with van der Waals surface area (Å²) in [6.45, 7) is 1.04. The van der Waals surface area contributed by atoms with E-state index >= 15 is 0 Å². The van der Waals surface area contributed by atoms with Crippen molar-refractivity contribution in [2.24, 2.45) is 5.73 Å². The average Bonchev–Trinajstić information content (AvgIpc) is 2.55. The second-order valence-corrected chi connectivity index (χ2v) is 6.48. The van der Waals surface area contributed by atoms with Crippen LogP contribution in [0.3, 0.4) is 0 Å². The van der Waals surface area contributed by atoms with E-state index in [1.54, 1.807) is 36.4 Å². The number of rotatable bonds is 8. The van der Waals surface area contributed by atoms with Crippen molar-refractivity contribution in [3.05, 3.63) is 48.5 Å². The number of ether oxygens (including phenoxy) is 2. The summed E-state index contributed by atoms with van der Waals surface area (Å²) in [4.78, 5) is 0.160. The molecule has 0 spiro atoms. The quantitative estimate of drug-likeness (QED) is 0.721. The molecule has 0 saturated carbocycles. The Morgan fingerprint density at radius 3 is 2.48 bits per heavy atom. The Balaban J connectivity index is 2.11. The fourth-order valence-electron chi connectivity index (χ4n) is 1.89. The van der Waals surface area contributed by atoms with Crippen LogP contribution in [0.5, 0.6) is 11.5 Å². The largest absolute Gasteiger partial charge is 0.497 e. The van der Waals surface area contributed by atoms with Gasteiger partial charge < -0.3 is 15.2 Å². The molecule has 0 heterocycles. The zero-order chi connectivity index (χ0) is 16.7. The summed E-state index contributed by atoms with van der Waals surface area (Å²) >= 11 is 0. The summed E-state index contributed by atoms with van der Waals surface area (Å²) in [5, 5.41) is 0. The van der Waals surface area contributed by atoms with Gasteiger partial charge in [-0.2, -0.15) is 0 Å². The molecule has 0 unspecified atom stereocenters. The van der Waals surface area contributed by atoms with E-state index in [2.05, 4.69) is 4.72 Å². The molecule has 0 atom stereocenters. The predicted octanol–water partition coefficient (Wildman–Crippen LogP) is 2.22. The molecular formula is C16H20N2O4S. The molecule has 0 amide bonds. The van der Waals surface area contributed by atoms with Crippen molar-refractivity contribution >= 4 is 15.7 Å². The highest BCUT2D eigenvalue weighted by atomic mass is 32.2. The molecule has 0 aliphatic heterocycles. The molecule has 0 aromatic heterocycles. The molecule has 2 rings (SSSR count). The molecule has 0 aliphatic rings. The lowest BCUT2D eigenvalue weighted by molar-refractivity contribution is 0.313. The van der Waals surface area contributed by atoms with Gasteiger partial charge in [0.1, 0.15) is 11.5 Å². The Kier molecular flexibility index (Phi) is 5.84. The highest BCUT2D eigenvalue weighted by Crippen LogP contribution is 2.22. The fraction of sp³-hybridized carbons (Fsp3) is 0.250. The third-order valence-electron chi connectivity index (χ3n) is 3.07. The van der Waals surface area contributed by atoms with Gasteiger partial charge in [-0.05, 0) is 49.4 Å². The number of nitrogens with one attached hydrogen (secondary N) is 1. The van der Waals surface area contributed by atoms with E-state index in [1.165, 1.54) is 19.2 Å². The average molecular weight is 336 g/mol. The number of sulfonamides is 1. The zero-order valence-electron chi connectivity index (χ0n) is 12.9. The normalized spacial score (nSPS) is 11.0. The van der Waals surface area contributed by atoms with Crippen molar-refractivity contribution in [2.75, 3.05) is 25.0 Å². The standard InChI is InChI=1S/C16H20N2O4S/c1-21-14-6-8-16(9-7-14)23(19,20)18-13-4-2-5-15(12-13)22-11-3-10-17/h2,4-9,12,18H,3,10-11,17H2,1H3. The second-order valence-electron chi connectivity index (χ2n) is 4.80. The van der Waals surface area contributed by atoms with Crippen molar-refractivity contribution in [1.29, 1.82) is 0 Å². The molecule has 124 valence electrons. The summed E-state index contributed by atoms with van der Waals surface area (Å²) in [5.74, 6) is 1.19. The first kappa shape index (κ1) is 17.1. The van der Waals surface area contributed by atoms with Crippen LogP contribution in [-0.4, -0.2) is 28.7 Å². The van der Waals surface area contributed by atoms with E-state index in [-0.39, 0.29) is 4.90 Å². The smallest absolute Gasteiger partial charge is 0.261 e. The Bertz CT molecular complexity index is 730. The molecule has 0 saturated heterocycles. The van der Waals surface area contributed by atoms with Crippen LogP contribution in [0, 0.1) is 0 Å². The maximum Gasteiger partial charge on any atom is 0.261 e. The van der Waals surface area contributed by atoms with Gasteiger partial charge in [-0.3, -0.25) is 4.72 Å². The lowest BCUT2D eigenvalue weighted by Gasteiger charge is -2.11. The van der Waals surface area contributed by atoms with Gasteiger partial charge in [0, 0.05) is 6.07 Å². The van der Waals surface area contributed by atoms with Crippen molar-refractivity contribution in [1.82, 2.24) is 0 Å². The topological polar surface area (TPSA) is 90.7 Å². The molecule has 6 nitrogen and oxygen atoms in total. The molecule has 2 aromatic carbocycles. The molecule has 0 radical (unpaired) electrons. The van der Waals surface area contributed by atoms with E-state index in [0.717, 1.165) is 6.42 Å². The summed E-state index contributed by atoms with van der Waals surface area (Å²) < 4.78 is 37.8. The van der Waals surface area contributed by atoms with Gasteiger partial charge in [-0.1, -0.05) is 6.07 Å². The fourth-order valence-corrected chi connectivity index (χ4v) is 2.94. The van der Waals surface area contributed by atoms with Crippen LogP contribution in [-0.2, 0) is 10.0 Å². The molecular weight excluding hydrogens is 316 g/mol.